The van der Waals surface area contributed by atoms with Gasteiger partial charge in [0.05, 0.1) is 6.10 Å². The van der Waals surface area contributed by atoms with Crippen molar-refractivity contribution in [1.82, 2.24) is 9.97 Å². The molecule has 1 aromatic rings. The quantitative estimate of drug-likeness (QED) is 0.867. The third kappa shape index (κ3) is 2.92. The van der Waals surface area contributed by atoms with Gasteiger partial charge in [-0.15, -0.1) is 0 Å². The number of aromatic nitrogens is 2. The van der Waals surface area contributed by atoms with E-state index in [1.165, 1.54) is 0 Å². The Morgan fingerprint density at radius 2 is 2.25 bits per heavy atom. The SMILES string of the molecule is COC1CCC(Nc2cc(Br)nc(C)n2)C1. The highest BCUT2D eigenvalue weighted by Gasteiger charge is 2.24. The van der Waals surface area contributed by atoms with E-state index in [9.17, 15) is 0 Å². The van der Waals surface area contributed by atoms with Crippen LogP contribution in [0.4, 0.5) is 5.82 Å². The van der Waals surface area contributed by atoms with Crippen molar-refractivity contribution in [2.75, 3.05) is 12.4 Å². The molecular weight excluding hydrogens is 270 g/mol. The summed E-state index contributed by atoms with van der Waals surface area (Å²) in [7, 11) is 1.78. The molecule has 4 nitrogen and oxygen atoms in total. The summed E-state index contributed by atoms with van der Waals surface area (Å²) in [6.45, 7) is 1.89. The number of anilines is 1. The minimum Gasteiger partial charge on any atom is -0.381 e. The van der Waals surface area contributed by atoms with Crippen LogP contribution in [0.1, 0.15) is 25.1 Å². The molecule has 0 aliphatic heterocycles. The van der Waals surface area contributed by atoms with Gasteiger partial charge in [-0.2, -0.15) is 0 Å². The second kappa shape index (κ2) is 5.10. The van der Waals surface area contributed by atoms with Crippen LogP contribution in [0.3, 0.4) is 0 Å². The lowest BCUT2D eigenvalue weighted by molar-refractivity contribution is 0.108. The van der Waals surface area contributed by atoms with E-state index in [4.69, 9.17) is 4.74 Å². The van der Waals surface area contributed by atoms with Gasteiger partial charge in [-0.3, -0.25) is 0 Å². The smallest absolute Gasteiger partial charge is 0.131 e. The van der Waals surface area contributed by atoms with Crippen LogP contribution < -0.4 is 5.32 Å². The Labute approximate surface area is 104 Å². The van der Waals surface area contributed by atoms with Gasteiger partial charge >= 0.3 is 0 Å². The summed E-state index contributed by atoms with van der Waals surface area (Å²) in [6.07, 6.45) is 3.71. The van der Waals surface area contributed by atoms with Crippen molar-refractivity contribution in [3.63, 3.8) is 0 Å². The Morgan fingerprint density at radius 1 is 1.44 bits per heavy atom. The summed E-state index contributed by atoms with van der Waals surface area (Å²) in [6, 6.07) is 2.37. The fourth-order valence-corrected chi connectivity index (χ4v) is 2.57. The third-order valence-corrected chi connectivity index (χ3v) is 3.28. The van der Waals surface area contributed by atoms with Crippen LogP contribution in [-0.4, -0.2) is 29.2 Å². The number of rotatable bonds is 3. The number of aryl methyl sites for hydroxylation is 1. The van der Waals surface area contributed by atoms with Crippen LogP contribution >= 0.6 is 15.9 Å². The first-order chi connectivity index (χ1) is 7.67. The van der Waals surface area contributed by atoms with Gasteiger partial charge in [0, 0.05) is 19.2 Å². The number of ether oxygens (including phenoxy) is 1. The standard InChI is InChI=1S/C11H16BrN3O/c1-7-13-10(12)6-11(14-7)15-8-3-4-9(5-8)16-2/h6,8-9H,3-5H2,1-2H3,(H,13,14,15). The number of hydrogen-bond acceptors (Lipinski definition) is 4. The van der Waals surface area contributed by atoms with E-state index in [-0.39, 0.29) is 0 Å². The first-order valence-corrected chi connectivity index (χ1v) is 6.27. The van der Waals surface area contributed by atoms with E-state index in [2.05, 4.69) is 31.2 Å². The van der Waals surface area contributed by atoms with Crippen molar-refractivity contribution >= 4 is 21.7 Å². The maximum atomic E-state index is 5.34. The zero-order valence-corrected chi connectivity index (χ0v) is 11.1. The highest BCUT2D eigenvalue weighted by molar-refractivity contribution is 9.10. The molecule has 16 heavy (non-hydrogen) atoms. The average molecular weight is 286 g/mol. The van der Waals surface area contributed by atoms with E-state index in [1.807, 2.05) is 13.0 Å². The number of halogens is 1. The Kier molecular flexibility index (Phi) is 3.76. The second-order valence-electron chi connectivity index (χ2n) is 4.14. The molecule has 1 aromatic heterocycles. The molecule has 1 saturated carbocycles. The van der Waals surface area contributed by atoms with Crippen LogP contribution in [-0.2, 0) is 4.74 Å². The fourth-order valence-electron chi connectivity index (χ4n) is 2.10. The van der Waals surface area contributed by atoms with Crippen molar-refractivity contribution in [1.29, 1.82) is 0 Å². The van der Waals surface area contributed by atoms with Crippen molar-refractivity contribution in [3.8, 4) is 0 Å². The Bertz CT molecular complexity index is 352. The van der Waals surface area contributed by atoms with E-state index in [0.717, 1.165) is 35.5 Å². The monoisotopic (exact) mass is 285 g/mol. The van der Waals surface area contributed by atoms with Gasteiger partial charge in [0.25, 0.3) is 0 Å². The lowest BCUT2D eigenvalue weighted by Gasteiger charge is -2.13. The van der Waals surface area contributed by atoms with Crippen LogP contribution in [0.2, 0.25) is 0 Å². The topological polar surface area (TPSA) is 47.0 Å². The van der Waals surface area contributed by atoms with Gasteiger partial charge in [-0.05, 0) is 42.1 Å². The molecule has 2 unspecified atom stereocenters. The number of nitrogens with one attached hydrogen (secondary N) is 1. The van der Waals surface area contributed by atoms with Gasteiger partial charge in [-0.25, -0.2) is 9.97 Å². The minimum absolute atomic E-state index is 0.392. The van der Waals surface area contributed by atoms with Crippen molar-refractivity contribution in [2.24, 2.45) is 0 Å². The van der Waals surface area contributed by atoms with Crippen LogP contribution in [0, 0.1) is 6.92 Å². The fraction of sp³-hybridized carbons (Fsp3) is 0.636. The molecule has 1 N–H and O–H groups in total. The molecule has 1 heterocycles. The molecule has 0 spiro atoms. The maximum absolute atomic E-state index is 5.34. The van der Waals surface area contributed by atoms with Crippen molar-refractivity contribution in [2.45, 2.75) is 38.3 Å². The van der Waals surface area contributed by atoms with Gasteiger partial charge < -0.3 is 10.1 Å². The molecule has 1 fully saturated rings. The minimum atomic E-state index is 0.392. The molecule has 0 amide bonds. The highest BCUT2D eigenvalue weighted by atomic mass is 79.9. The zero-order chi connectivity index (χ0) is 11.5. The van der Waals surface area contributed by atoms with Gasteiger partial charge in [-0.1, -0.05) is 0 Å². The number of nitrogens with zero attached hydrogens (tertiary/aromatic N) is 2. The molecule has 5 heteroatoms. The Hall–Kier alpha value is -0.680. The summed E-state index contributed by atoms with van der Waals surface area (Å²) in [5, 5.41) is 3.43. The van der Waals surface area contributed by atoms with Gasteiger partial charge in [0.2, 0.25) is 0 Å². The van der Waals surface area contributed by atoms with E-state index < -0.39 is 0 Å². The predicted octanol–water partition coefficient (Wildman–Crippen LogP) is 2.53. The van der Waals surface area contributed by atoms with Gasteiger partial charge in [0.1, 0.15) is 16.2 Å². The number of methoxy groups -OCH3 is 1. The van der Waals surface area contributed by atoms with Crippen LogP contribution in [0.5, 0.6) is 0 Å². The van der Waals surface area contributed by atoms with Crippen molar-refractivity contribution in [3.05, 3.63) is 16.5 Å². The first-order valence-electron chi connectivity index (χ1n) is 5.48. The molecular formula is C11H16BrN3O. The lowest BCUT2D eigenvalue weighted by atomic mass is 10.2. The lowest BCUT2D eigenvalue weighted by Crippen LogP contribution is -2.18. The predicted molar refractivity (Wildman–Crippen MR) is 66.5 cm³/mol. The summed E-state index contributed by atoms with van der Waals surface area (Å²) >= 11 is 3.37. The van der Waals surface area contributed by atoms with Crippen LogP contribution in [0.25, 0.3) is 0 Å². The Balaban J connectivity index is 1.99. The Morgan fingerprint density at radius 3 is 2.88 bits per heavy atom. The average Bonchev–Trinajstić information content (AvgIpc) is 2.64. The number of hydrogen-bond donors (Lipinski definition) is 1. The summed E-state index contributed by atoms with van der Waals surface area (Å²) in [4.78, 5) is 8.54. The van der Waals surface area contributed by atoms with E-state index in [1.54, 1.807) is 7.11 Å². The normalized spacial score (nSPS) is 24.7. The molecule has 88 valence electrons. The molecule has 2 rings (SSSR count). The molecule has 1 aliphatic rings. The van der Waals surface area contributed by atoms with E-state index >= 15 is 0 Å². The van der Waals surface area contributed by atoms with E-state index in [0.29, 0.717) is 12.1 Å². The molecule has 0 aromatic carbocycles. The third-order valence-electron chi connectivity index (χ3n) is 2.88. The van der Waals surface area contributed by atoms with Crippen LogP contribution in [0.15, 0.2) is 10.7 Å². The maximum Gasteiger partial charge on any atom is 0.131 e. The second-order valence-corrected chi connectivity index (χ2v) is 4.95. The molecule has 2 atom stereocenters. The first kappa shape index (κ1) is 11.8. The largest absolute Gasteiger partial charge is 0.381 e. The zero-order valence-electron chi connectivity index (χ0n) is 9.53. The van der Waals surface area contributed by atoms with Gasteiger partial charge in [0.15, 0.2) is 0 Å². The summed E-state index contributed by atoms with van der Waals surface area (Å²) in [5.41, 5.74) is 0. The summed E-state index contributed by atoms with van der Waals surface area (Å²) < 4.78 is 6.17. The molecule has 0 radical (unpaired) electrons. The highest BCUT2D eigenvalue weighted by Crippen LogP contribution is 2.24. The van der Waals surface area contributed by atoms with Crippen molar-refractivity contribution < 1.29 is 4.74 Å². The summed E-state index contributed by atoms with van der Waals surface area (Å²) in [5.74, 6) is 1.67. The molecule has 0 saturated heterocycles. The molecule has 0 bridgehead atoms. The molecule has 1 aliphatic carbocycles.